The Morgan fingerprint density at radius 2 is 1.81 bits per heavy atom. The molecule has 2 amide bonds. The van der Waals surface area contributed by atoms with Gasteiger partial charge in [-0.05, 0) is 43.2 Å². The lowest BCUT2D eigenvalue weighted by Crippen LogP contribution is -2.32. The molecule has 2 aromatic carbocycles. The highest BCUT2D eigenvalue weighted by Crippen LogP contribution is 2.35. The summed E-state index contributed by atoms with van der Waals surface area (Å²) >= 11 is 12.3. The van der Waals surface area contributed by atoms with Crippen LogP contribution in [0.4, 0.5) is 5.69 Å². The Bertz CT molecular complexity index is 996. The fourth-order valence-electron chi connectivity index (χ4n) is 2.93. The van der Waals surface area contributed by atoms with Crippen molar-refractivity contribution >= 4 is 46.3 Å². The van der Waals surface area contributed by atoms with Crippen LogP contribution in [0.2, 0.25) is 10.0 Å². The number of imide groups is 1. The summed E-state index contributed by atoms with van der Waals surface area (Å²) in [5.74, 6) is -0.834. The summed E-state index contributed by atoms with van der Waals surface area (Å²) in [4.78, 5) is 27.0. The maximum absolute atomic E-state index is 13.0. The van der Waals surface area contributed by atoms with E-state index in [-0.39, 0.29) is 17.8 Å². The Balaban J connectivity index is 2.17. The highest BCUT2D eigenvalue weighted by molar-refractivity contribution is 6.41. The second-order valence-electron chi connectivity index (χ2n) is 6.33. The Morgan fingerprint density at radius 3 is 2.48 bits per heavy atom. The molecule has 4 nitrogen and oxygen atoms in total. The molecule has 1 heterocycles. The van der Waals surface area contributed by atoms with Gasteiger partial charge in [-0.15, -0.1) is 6.58 Å². The van der Waals surface area contributed by atoms with E-state index in [9.17, 15) is 9.59 Å². The number of halogens is 2. The normalized spacial score (nSPS) is 14.1. The van der Waals surface area contributed by atoms with Crippen molar-refractivity contribution in [1.82, 2.24) is 4.90 Å². The SMILES string of the molecule is C=CCN1C(=O)C(Nc2cc(C)ccc2C)=C(c2ccc(Cl)cc2Cl)C1=O. The fraction of sp³-hybridized carbons (Fsp3) is 0.143. The molecule has 0 aromatic heterocycles. The molecule has 1 aliphatic rings. The van der Waals surface area contributed by atoms with Crippen molar-refractivity contribution in [3.05, 3.63) is 81.5 Å². The molecule has 138 valence electrons. The van der Waals surface area contributed by atoms with E-state index in [1.54, 1.807) is 18.2 Å². The van der Waals surface area contributed by atoms with E-state index in [1.165, 1.54) is 6.08 Å². The summed E-state index contributed by atoms with van der Waals surface area (Å²) in [5.41, 5.74) is 3.63. The van der Waals surface area contributed by atoms with Crippen LogP contribution in [0.1, 0.15) is 16.7 Å². The van der Waals surface area contributed by atoms with Gasteiger partial charge in [-0.3, -0.25) is 14.5 Å². The van der Waals surface area contributed by atoms with Crippen LogP contribution in [0.25, 0.3) is 5.57 Å². The Labute approximate surface area is 168 Å². The molecule has 0 saturated carbocycles. The lowest BCUT2D eigenvalue weighted by molar-refractivity contribution is -0.136. The molecule has 0 aliphatic carbocycles. The Morgan fingerprint density at radius 1 is 1.07 bits per heavy atom. The maximum atomic E-state index is 13.0. The second-order valence-corrected chi connectivity index (χ2v) is 7.17. The third-order valence-electron chi connectivity index (χ3n) is 4.33. The van der Waals surface area contributed by atoms with Gasteiger partial charge in [-0.2, -0.15) is 0 Å². The number of aryl methyl sites for hydroxylation is 2. The van der Waals surface area contributed by atoms with Crippen LogP contribution in [0.5, 0.6) is 0 Å². The number of hydrogen-bond donors (Lipinski definition) is 1. The zero-order valence-electron chi connectivity index (χ0n) is 15.0. The minimum Gasteiger partial charge on any atom is -0.350 e. The quantitative estimate of drug-likeness (QED) is 0.568. The minimum atomic E-state index is -0.420. The van der Waals surface area contributed by atoms with Gasteiger partial charge >= 0.3 is 0 Å². The van der Waals surface area contributed by atoms with Crippen molar-refractivity contribution in [1.29, 1.82) is 0 Å². The van der Waals surface area contributed by atoms with Crippen LogP contribution in [0.15, 0.2) is 54.8 Å². The number of amides is 2. The maximum Gasteiger partial charge on any atom is 0.278 e. The fourth-order valence-corrected chi connectivity index (χ4v) is 3.44. The van der Waals surface area contributed by atoms with E-state index in [2.05, 4.69) is 11.9 Å². The van der Waals surface area contributed by atoms with E-state index in [4.69, 9.17) is 23.2 Å². The first-order valence-electron chi connectivity index (χ1n) is 8.34. The van der Waals surface area contributed by atoms with Gasteiger partial charge < -0.3 is 5.32 Å². The number of hydrogen-bond acceptors (Lipinski definition) is 3. The number of carbonyl (C=O) groups is 2. The van der Waals surface area contributed by atoms with Crippen LogP contribution < -0.4 is 5.32 Å². The molecule has 0 radical (unpaired) electrons. The molecule has 27 heavy (non-hydrogen) atoms. The van der Waals surface area contributed by atoms with E-state index in [1.807, 2.05) is 32.0 Å². The molecule has 0 spiro atoms. The molecule has 1 aliphatic heterocycles. The number of carbonyl (C=O) groups excluding carboxylic acids is 2. The van der Waals surface area contributed by atoms with Crippen LogP contribution >= 0.6 is 23.2 Å². The molecule has 1 N–H and O–H groups in total. The van der Waals surface area contributed by atoms with Crippen LogP contribution in [-0.2, 0) is 9.59 Å². The summed E-state index contributed by atoms with van der Waals surface area (Å²) in [7, 11) is 0. The van der Waals surface area contributed by atoms with Gasteiger partial charge in [-0.25, -0.2) is 0 Å². The molecular weight excluding hydrogens is 383 g/mol. The molecule has 0 unspecified atom stereocenters. The Hall–Kier alpha value is -2.56. The molecule has 2 aromatic rings. The largest absolute Gasteiger partial charge is 0.350 e. The standard InChI is InChI=1S/C21H18Cl2N2O2/c1-4-9-25-20(26)18(15-8-7-14(22)11-16(15)23)19(21(25)27)24-17-10-12(2)5-6-13(17)3/h4-8,10-11,24H,1,9H2,2-3H3. The van der Waals surface area contributed by atoms with Crippen molar-refractivity contribution in [2.75, 3.05) is 11.9 Å². The first-order valence-corrected chi connectivity index (χ1v) is 9.10. The molecule has 0 saturated heterocycles. The van der Waals surface area contributed by atoms with Gasteiger partial charge in [0.05, 0.1) is 10.6 Å². The third-order valence-corrected chi connectivity index (χ3v) is 4.88. The van der Waals surface area contributed by atoms with Crippen molar-refractivity contribution in [3.63, 3.8) is 0 Å². The summed E-state index contributed by atoms with van der Waals surface area (Å²) in [6, 6.07) is 10.7. The van der Waals surface area contributed by atoms with Gasteiger partial charge in [0, 0.05) is 22.8 Å². The number of anilines is 1. The van der Waals surface area contributed by atoms with Gasteiger partial charge in [0.15, 0.2) is 0 Å². The van der Waals surface area contributed by atoms with E-state index in [0.717, 1.165) is 21.7 Å². The lowest BCUT2D eigenvalue weighted by atomic mass is 10.0. The summed E-state index contributed by atoms with van der Waals surface area (Å²) in [6.07, 6.45) is 1.51. The van der Waals surface area contributed by atoms with Crippen LogP contribution in [0, 0.1) is 13.8 Å². The smallest absolute Gasteiger partial charge is 0.278 e. The number of nitrogens with one attached hydrogen (secondary N) is 1. The first kappa shape index (κ1) is 19.2. The lowest BCUT2D eigenvalue weighted by Gasteiger charge is -2.13. The Kier molecular flexibility index (Phi) is 5.40. The second kappa shape index (κ2) is 7.59. The zero-order chi connectivity index (χ0) is 19.7. The molecule has 6 heteroatoms. The topological polar surface area (TPSA) is 49.4 Å². The van der Waals surface area contributed by atoms with Gasteiger partial charge in [0.1, 0.15) is 5.70 Å². The van der Waals surface area contributed by atoms with Gasteiger partial charge in [0.25, 0.3) is 11.8 Å². The van der Waals surface area contributed by atoms with Crippen molar-refractivity contribution < 1.29 is 9.59 Å². The molecule has 3 rings (SSSR count). The zero-order valence-corrected chi connectivity index (χ0v) is 16.5. The molecular formula is C21H18Cl2N2O2. The number of nitrogens with zero attached hydrogens (tertiary/aromatic N) is 1. The summed E-state index contributed by atoms with van der Waals surface area (Å²) < 4.78 is 0. The van der Waals surface area contributed by atoms with Crippen LogP contribution in [-0.4, -0.2) is 23.3 Å². The van der Waals surface area contributed by atoms with Crippen molar-refractivity contribution in [2.45, 2.75) is 13.8 Å². The average molecular weight is 401 g/mol. The average Bonchev–Trinajstić information content (AvgIpc) is 2.83. The third kappa shape index (κ3) is 3.64. The predicted octanol–water partition coefficient (Wildman–Crippen LogP) is 4.99. The monoisotopic (exact) mass is 400 g/mol. The van der Waals surface area contributed by atoms with Crippen LogP contribution in [0.3, 0.4) is 0 Å². The predicted molar refractivity (Wildman–Crippen MR) is 110 cm³/mol. The van der Waals surface area contributed by atoms with E-state index < -0.39 is 11.8 Å². The van der Waals surface area contributed by atoms with Gasteiger partial charge in [0.2, 0.25) is 0 Å². The number of rotatable bonds is 5. The number of benzene rings is 2. The highest BCUT2D eigenvalue weighted by atomic mass is 35.5. The minimum absolute atomic E-state index is 0.115. The van der Waals surface area contributed by atoms with E-state index in [0.29, 0.717) is 15.6 Å². The molecule has 0 bridgehead atoms. The summed E-state index contributed by atoms with van der Waals surface area (Å²) in [6.45, 7) is 7.63. The first-order chi connectivity index (χ1) is 12.8. The molecule has 0 atom stereocenters. The highest BCUT2D eigenvalue weighted by Gasteiger charge is 2.39. The van der Waals surface area contributed by atoms with E-state index >= 15 is 0 Å². The molecule has 0 fully saturated rings. The van der Waals surface area contributed by atoms with Crippen molar-refractivity contribution in [3.8, 4) is 0 Å². The van der Waals surface area contributed by atoms with Gasteiger partial charge in [-0.1, -0.05) is 47.5 Å². The summed E-state index contributed by atoms with van der Waals surface area (Å²) in [5, 5.41) is 3.91. The van der Waals surface area contributed by atoms with Crippen molar-refractivity contribution in [2.24, 2.45) is 0 Å².